The van der Waals surface area contributed by atoms with Gasteiger partial charge in [0.1, 0.15) is 0 Å². The monoisotopic (exact) mass is 381 g/mol. The standard InChI is InChI=1S/C21H20ClN3O2/c22-19-9-2-1-8-18(19)21-20-10-4-11-23(20)12-5-13-24(21)15-16-6-3-7-17(14-16)25(26)27/h1-4,6-11,14,21H,5,12-13,15H2. The van der Waals surface area contributed by atoms with Gasteiger partial charge in [0.2, 0.25) is 0 Å². The van der Waals surface area contributed by atoms with Crippen LogP contribution in [0.5, 0.6) is 0 Å². The van der Waals surface area contributed by atoms with E-state index >= 15 is 0 Å². The fourth-order valence-corrected chi connectivity index (χ4v) is 4.10. The van der Waals surface area contributed by atoms with Crippen molar-refractivity contribution in [1.29, 1.82) is 0 Å². The summed E-state index contributed by atoms with van der Waals surface area (Å²) in [5, 5.41) is 11.9. The number of hydrogen-bond acceptors (Lipinski definition) is 3. The van der Waals surface area contributed by atoms with Crippen molar-refractivity contribution in [3.63, 3.8) is 0 Å². The van der Waals surface area contributed by atoms with Crippen LogP contribution in [0, 0.1) is 10.1 Å². The Morgan fingerprint density at radius 3 is 2.74 bits per heavy atom. The lowest BCUT2D eigenvalue weighted by molar-refractivity contribution is -0.384. The molecule has 0 spiro atoms. The maximum atomic E-state index is 11.1. The smallest absolute Gasteiger partial charge is 0.269 e. The molecule has 0 aliphatic carbocycles. The van der Waals surface area contributed by atoms with E-state index in [1.165, 1.54) is 11.8 Å². The molecule has 1 unspecified atom stereocenters. The molecule has 138 valence electrons. The summed E-state index contributed by atoms with van der Waals surface area (Å²) in [6.45, 7) is 2.47. The van der Waals surface area contributed by atoms with Gasteiger partial charge in [0.05, 0.1) is 11.0 Å². The second-order valence-electron chi connectivity index (χ2n) is 6.80. The van der Waals surface area contributed by atoms with Crippen LogP contribution in [0.4, 0.5) is 5.69 Å². The number of nitro benzene ring substituents is 1. The molecule has 0 saturated carbocycles. The van der Waals surface area contributed by atoms with E-state index in [0.29, 0.717) is 6.54 Å². The molecule has 1 aliphatic heterocycles. The van der Waals surface area contributed by atoms with Gasteiger partial charge in [-0.15, -0.1) is 0 Å². The first-order chi connectivity index (χ1) is 13.1. The highest BCUT2D eigenvalue weighted by Gasteiger charge is 2.29. The molecule has 27 heavy (non-hydrogen) atoms. The van der Waals surface area contributed by atoms with Crippen LogP contribution in [0.1, 0.15) is 29.3 Å². The molecule has 2 heterocycles. The summed E-state index contributed by atoms with van der Waals surface area (Å²) in [4.78, 5) is 13.1. The number of aryl methyl sites for hydroxylation is 1. The van der Waals surface area contributed by atoms with E-state index in [4.69, 9.17) is 11.6 Å². The van der Waals surface area contributed by atoms with Crippen molar-refractivity contribution in [3.8, 4) is 0 Å². The highest BCUT2D eigenvalue weighted by atomic mass is 35.5. The predicted molar refractivity (Wildman–Crippen MR) is 106 cm³/mol. The van der Waals surface area contributed by atoms with Gasteiger partial charge < -0.3 is 4.57 Å². The lowest BCUT2D eigenvalue weighted by Crippen LogP contribution is -2.29. The average molecular weight is 382 g/mol. The zero-order chi connectivity index (χ0) is 18.8. The Morgan fingerprint density at radius 2 is 1.93 bits per heavy atom. The zero-order valence-corrected chi connectivity index (χ0v) is 15.5. The number of nitro groups is 1. The van der Waals surface area contributed by atoms with Crippen LogP contribution < -0.4 is 0 Å². The molecule has 1 aliphatic rings. The molecular weight excluding hydrogens is 362 g/mol. The molecule has 0 bridgehead atoms. The van der Waals surface area contributed by atoms with Crippen LogP contribution in [-0.2, 0) is 13.1 Å². The third kappa shape index (κ3) is 3.61. The van der Waals surface area contributed by atoms with Crippen LogP contribution in [0.25, 0.3) is 0 Å². The summed E-state index contributed by atoms with van der Waals surface area (Å²) in [6, 6.07) is 19.0. The zero-order valence-electron chi connectivity index (χ0n) is 14.8. The number of fused-ring (bicyclic) bond motifs is 1. The fraction of sp³-hybridized carbons (Fsp3) is 0.238. The maximum Gasteiger partial charge on any atom is 0.269 e. The minimum absolute atomic E-state index is 0.00969. The van der Waals surface area contributed by atoms with Crippen molar-refractivity contribution >= 4 is 17.3 Å². The van der Waals surface area contributed by atoms with Gasteiger partial charge in [-0.05, 0) is 35.7 Å². The lowest BCUT2D eigenvalue weighted by atomic mass is 10.0. The van der Waals surface area contributed by atoms with Crippen LogP contribution >= 0.6 is 11.6 Å². The van der Waals surface area contributed by atoms with Crippen molar-refractivity contribution in [2.45, 2.75) is 25.6 Å². The summed E-state index contributed by atoms with van der Waals surface area (Å²) < 4.78 is 2.28. The quantitative estimate of drug-likeness (QED) is 0.469. The van der Waals surface area contributed by atoms with E-state index in [9.17, 15) is 10.1 Å². The fourth-order valence-electron chi connectivity index (χ4n) is 3.87. The normalized spacial score (nSPS) is 17.3. The van der Waals surface area contributed by atoms with Crippen LogP contribution in [0.15, 0.2) is 66.9 Å². The first-order valence-corrected chi connectivity index (χ1v) is 9.38. The number of hydrogen-bond donors (Lipinski definition) is 0. The van der Waals surface area contributed by atoms with Gasteiger partial charge in [0.25, 0.3) is 5.69 Å². The Balaban J connectivity index is 1.75. The number of rotatable bonds is 4. The number of halogens is 1. The first-order valence-electron chi connectivity index (χ1n) is 9.00. The van der Waals surface area contributed by atoms with Gasteiger partial charge in [-0.2, -0.15) is 0 Å². The second-order valence-corrected chi connectivity index (χ2v) is 7.21. The molecule has 0 amide bonds. The number of aromatic nitrogens is 1. The van der Waals surface area contributed by atoms with Crippen LogP contribution in [-0.4, -0.2) is 20.9 Å². The Kier molecular flexibility index (Phi) is 4.97. The topological polar surface area (TPSA) is 51.3 Å². The minimum Gasteiger partial charge on any atom is -0.350 e. The van der Waals surface area contributed by atoms with Crippen molar-refractivity contribution in [1.82, 2.24) is 9.47 Å². The van der Waals surface area contributed by atoms with Gasteiger partial charge in [-0.25, -0.2) is 0 Å². The maximum absolute atomic E-state index is 11.1. The minimum atomic E-state index is -0.345. The predicted octanol–water partition coefficient (Wildman–Crippen LogP) is 5.05. The molecule has 1 aromatic heterocycles. The number of benzene rings is 2. The van der Waals surface area contributed by atoms with E-state index in [-0.39, 0.29) is 16.7 Å². The highest BCUT2D eigenvalue weighted by Crippen LogP contribution is 2.36. The molecule has 4 rings (SSSR count). The molecule has 0 N–H and O–H groups in total. The van der Waals surface area contributed by atoms with E-state index in [1.54, 1.807) is 12.1 Å². The summed E-state index contributed by atoms with van der Waals surface area (Å²) in [5.41, 5.74) is 3.32. The Bertz CT molecular complexity index is 969. The molecule has 2 aromatic carbocycles. The Hall–Kier alpha value is -2.63. The van der Waals surface area contributed by atoms with E-state index in [2.05, 4.69) is 33.9 Å². The summed E-state index contributed by atoms with van der Waals surface area (Å²) >= 11 is 6.55. The summed E-state index contributed by atoms with van der Waals surface area (Å²) in [7, 11) is 0. The Morgan fingerprint density at radius 1 is 1.07 bits per heavy atom. The van der Waals surface area contributed by atoms with E-state index in [0.717, 1.165) is 35.7 Å². The molecular formula is C21H20ClN3O2. The Labute approximate surface area is 162 Å². The largest absolute Gasteiger partial charge is 0.350 e. The van der Waals surface area contributed by atoms with Crippen LogP contribution in [0.2, 0.25) is 5.02 Å². The molecule has 0 radical (unpaired) electrons. The molecule has 5 nitrogen and oxygen atoms in total. The molecule has 1 atom stereocenters. The summed E-state index contributed by atoms with van der Waals surface area (Å²) in [5.74, 6) is 0. The van der Waals surface area contributed by atoms with Gasteiger partial charge in [0, 0.05) is 48.7 Å². The second kappa shape index (κ2) is 7.55. The molecule has 0 saturated heterocycles. The van der Waals surface area contributed by atoms with Crippen molar-refractivity contribution < 1.29 is 4.92 Å². The van der Waals surface area contributed by atoms with E-state index in [1.807, 2.05) is 24.3 Å². The third-order valence-corrected chi connectivity index (χ3v) is 5.41. The van der Waals surface area contributed by atoms with Gasteiger partial charge >= 0.3 is 0 Å². The van der Waals surface area contributed by atoms with Gasteiger partial charge in [-0.3, -0.25) is 15.0 Å². The van der Waals surface area contributed by atoms with Crippen molar-refractivity contribution in [2.24, 2.45) is 0 Å². The summed E-state index contributed by atoms with van der Waals surface area (Å²) in [6.07, 6.45) is 3.12. The molecule has 0 fully saturated rings. The third-order valence-electron chi connectivity index (χ3n) is 5.06. The van der Waals surface area contributed by atoms with Crippen molar-refractivity contribution in [3.05, 3.63) is 98.8 Å². The van der Waals surface area contributed by atoms with Gasteiger partial charge in [0.15, 0.2) is 0 Å². The highest BCUT2D eigenvalue weighted by molar-refractivity contribution is 6.31. The van der Waals surface area contributed by atoms with Gasteiger partial charge in [-0.1, -0.05) is 41.9 Å². The van der Waals surface area contributed by atoms with E-state index < -0.39 is 0 Å². The molecule has 3 aromatic rings. The van der Waals surface area contributed by atoms with Crippen molar-refractivity contribution in [2.75, 3.05) is 6.54 Å². The number of nitrogens with zero attached hydrogens (tertiary/aromatic N) is 3. The average Bonchev–Trinajstić information content (AvgIpc) is 3.05. The SMILES string of the molecule is O=[N+]([O-])c1cccc(CN2CCCn3cccc3C2c2ccccc2Cl)c1. The van der Waals surface area contributed by atoms with Crippen LogP contribution in [0.3, 0.4) is 0 Å². The molecule has 6 heteroatoms. The number of non-ortho nitro benzene ring substituents is 1. The first kappa shape index (κ1) is 17.8. The lowest BCUT2D eigenvalue weighted by Gasteiger charge is -2.31.